The van der Waals surface area contributed by atoms with Crippen LogP contribution in [-0.4, -0.2) is 17.0 Å². The summed E-state index contributed by atoms with van der Waals surface area (Å²) in [5.41, 5.74) is -1.53. The summed E-state index contributed by atoms with van der Waals surface area (Å²) in [5.74, 6) is -0.320. The van der Waals surface area contributed by atoms with Crippen molar-refractivity contribution in [3.63, 3.8) is 0 Å². The zero-order valence-electron chi connectivity index (χ0n) is 7.41. The fraction of sp³-hybridized carbons (Fsp3) is 0.286. The first-order valence-electron chi connectivity index (χ1n) is 3.64. The van der Waals surface area contributed by atoms with Crippen molar-refractivity contribution in [3.05, 3.63) is 26.5 Å². The Morgan fingerprint density at radius 3 is 2.67 bits per heavy atom. The molecular weight excluding hydrogens is 278 g/mol. The van der Waals surface area contributed by atoms with E-state index >= 15 is 0 Å². The first kappa shape index (κ1) is 11.8. The zero-order chi connectivity index (χ0) is 11.6. The van der Waals surface area contributed by atoms with Crippen molar-refractivity contribution >= 4 is 21.6 Å². The number of hydrogen-bond acceptors (Lipinski definition) is 4. The van der Waals surface area contributed by atoms with E-state index in [1.807, 2.05) is 0 Å². The number of rotatable bonds is 3. The Morgan fingerprint density at radius 1 is 1.67 bits per heavy atom. The van der Waals surface area contributed by atoms with E-state index in [-0.39, 0.29) is 10.4 Å². The summed E-state index contributed by atoms with van der Waals surface area (Å²) in [5, 5.41) is 10.5. The summed E-state index contributed by atoms with van der Waals surface area (Å²) in [6, 6.07) is 0. The largest absolute Gasteiger partial charge is 0.493 e. The number of nitrogens with zero attached hydrogens (tertiary/aromatic N) is 2. The summed E-state index contributed by atoms with van der Waals surface area (Å²) in [6.07, 6.45) is -2.24. The molecule has 1 heterocycles. The molecule has 0 spiro atoms. The fourth-order valence-corrected chi connectivity index (χ4v) is 1.50. The molecule has 0 aliphatic heterocycles. The van der Waals surface area contributed by atoms with Crippen molar-refractivity contribution in [2.24, 2.45) is 0 Å². The molecule has 1 rings (SSSR count). The Kier molecular flexibility index (Phi) is 3.51. The highest BCUT2D eigenvalue weighted by atomic mass is 79.9. The Hall–Kier alpha value is -1.31. The van der Waals surface area contributed by atoms with E-state index in [4.69, 9.17) is 0 Å². The minimum Gasteiger partial charge on any atom is -0.493 e. The molecule has 0 radical (unpaired) electrons. The maximum absolute atomic E-state index is 12.6. The van der Waals surface area contributed by atoms with Crippen LogP contribution in [0.3, 0.4) is 0 Å². The molecular formula is C7H5BrF2N2O3. The van der Waals surface area contributed by atoms with Crippen molar-refractivity contribution in [2.45, 2.75) is 6.43 Å². The van der Waals surface area contributed by atoms with Crippen molar-refractivity contribution in [3.8, 4) is 5.75 Å². The number of pyridine rings is 1. The number of aromatic nitrogens is 1. The van der Waals surface area contributed by atoms with E-state index in [0.29, 0.717) is 0 Å². The number of halogens is 3. The summed E-state index contributed by atoms with van der Waals surface area (Å²) < 4.78 is 29.8. The van der Waals surface area contributed by atoms with Crippen LogP contribution in [0.15, 0.2) is 10.8 Å². The normalized spacial score (nSPS) is 10.5. The molecule has 0 fully saturated rings. The summed E-state index contributed by atoms with van der Waals surface area (Å²) >= 11 is 2.87. The fourth-order valence-electron chi connectivity index (χ4n) is 1.02. The van der Waals surface area contributed by atoms with Gasteiger partial charge in [-0.25, -0.2) is 13.8 Å². The molecule has 0 bridgehead atoms. The van der Waals surface area contributed by atoms with Crippen LogP contribution in [0.5, 0.6) is 5.75 Å². The van der Waals surface area contributed by atoms with Crippen LogP contribution in [0.2, 0.25) is 0 Å². The molecule has 82 valence electrons. The van der Waals surface area contributed by atoms with Gasteiger partial charge in [0.05, 0.1) is 12.0 Å². The van der Waals surface area contributed by atoms with E-state index in [0.717, 1.165) is 13.3 Å². The van der Waals surface area contributed by atoms with Gasteiger partial charge in [-0.3, -0.25) is 10.1 Å². The van der Waals surface area contributed by atoms with E-state index in [1.165, 1.54) is 0 Å². The molecule has 0 aliphatic carbocycles. The zero-order valence-corrected chi connectivity index (χ0v) is 8.99. The van der Waals surface area contributed by atoms with Gasteiger partial charge in [0.2, 0.25) is 0 Å². The smallest absolute Gasteiger partial charge is 0.300 e. The minimum absolute atomic E-state index is 0.00546. The van der Waals surface area contributed by atoms with Gasteiger partial charge in [-0.2, -0.15) is 0 Å². The number of nitro groups is 1. The molecule has 8 heteroatoms. The third-order valence-corrected chi connectivity index (χ3v) is 2.19. The highest BCUT2D eigenvalue weighted by Crippen LogP contribution is 2.39. The highest BCUT2D eigenvalue weighted by molar-refractivity contribution is 9.10. The average Bonchev–Trinajstić information content (AvgIpc) is 2.16. The first-order valence-corrected chi connectivity index (χ1v) is 4.43. The molecule has 0 saturated heterocycles. The lowest BCUT2D eigenvalue weighted by atomic mass is 10.2. The predicted molar refractivity (Wildman–Crippen MR) is 50.1 cm³/mol. The lowest BCUT2D eigenvalue weighted by Crippen LogP contribution is -2.01. The van der Waals surface area contributed by atoms with E-state index in [1.54, 1.807) is 0 Å². The lowest BCUT2D eigenvalue weighted by molar-refractivity contribution is -0.386. The van der Waals surface area contributed by atoms with Gasteiger partial charge in [0.25, 0.3) is 12.1 Å². The Labute approximate surface area is 91.3 Å². The van der Waals surface area contributed by atoms with Crippen molar-refractivity contribution in [2.75, 3.05) is 7.11 Å². The second-order valence-electron chi connectivity index (χ2n) is 2.44. The van der Waals surface area contributed by atoms with Crippen LogP contribution < -0.4 is 4.74 Å². The molecule has 0 amide bonds. The summed E-state index contributed by atoms with van der Waals surface area (Å²) in [7, 11) is 1.14. The quantitative estimate of drug-likeness (QED) is 0.486. The van der Waals surface area contributed by atoms with Gasteiger partial charge in [0.1, 0.15) is 16.4 Å². The molecule has 0 aromatic carbocycles. The molecule has 0 atom stereocenters. The van der Waals surface area contributed by atoms with E-state index in [2.05, 4.69) is 25.7 Å². The molecule has 0 aliphatic rings. The Bertz CT molecular complexity index is 400. The first-order chi connectivity index (χ1) is 6.99. The SMILES string of the molecule is COc1c(Br)ncc([N+](=O)[O-])c1C(F)F. The molecule has 15 heavy (non-hydrogen) atoms. The van der Waals surface area contributed by atoms with E-state index < -0.39 is 22.6 Å². The Balaban J connectivity index is 3.49. The van der Waals surface area contributed by atoms with Gasteiger partial charge in [0.15, 0.2) is 5.75 Å². The van der Waals surface area contributed by atoms with Crippen LogP contribution in [0.25, 0.3) is 0 Å². The maximum atomic E-state index is 12.6. The molecule has 1 aromatic rings. The highest BCUT2D eigenvalue weighted by Gasteiger charge is 2.29. The van der Waals surface area contributed by atoms with Crippen molar-refractivity contribution in [1.29, 1.82) is 0 Å². The van der Waals surface area contributed by atoms with Crippen LogP contribution >= 0.6 is 15.9 Å². The van der Waals surface area contributed by atoms with Gasteiger partial charge >= 0.3 is 0 Å². The lowest BCUT2D eigenvalue weighted by Gasteiger charge is -2.08. The molecule has 0 N–H and O–H groups in total. The van der Waals surface area contributed by atoms with E-state index in [9.17, 15) is 18.9 Å². The third kappa shape index (κ3) is 2.20. The minimum atomic E-state index is -3.00. The van der Waals surface area contributed by atoms with Crippen molar-refractivity contribution in [1.82, 2.24) is 4.98 Å². The number of ether oxygens (including phenoxy) is 1. The third-order valence-electron chi connectivity index (χ3n) is 1.63. The van der Waals surface area contributed by atoms with Gasteiger partial charge in [0, 0.05) is 0 Å². The van der Waals surface area contributed by atoms with Crippen LogP contribution in [0, 0.1) is 10.1 Å². The number of methoxy groups -OCH3 is 1. The number of alkyl halides is 2. The predicted octanol–water partition coefficient (Wildman–Crippen LogP) is 2.70. The summed E-state index contributed by atoms with van der Waals surface area (Å²) in [4.78, 5) is 13.1. The molecule has 1 aromatic heterocycles. The average molecular weight is 283 g/mol. The summed E-state index contributed by atoms with van der Waals surface area (Å²) in [6.45, 7) is 0. The van der Waals surface area contributed by atoms with Crippen LogP contribution in [0.1, 0.15) is 12.0 Å². The maximum Gasteiger partial charge on any atom is 0.300 e. The Morgan fingerprint density at radius 2 is 2.27 bits per heavy atom. The topological polar surface area (TPSA) is 65.3 Å². The van der Waals surface area contributed by atoms with Gasteiger partial charge in [-0.05, 0) is 15.9 Å². The molecule has 0 saturated carbocycles. The van der Waals surface area contributed by atoms with Gasteiger partial charge < -0.3 is 4.74 Å². The molecule has 0 unspecified atom stereocenters. The van der Waals surface area contributed by atoms with Crippen LogP contribution in [-0.2, 0) is 0 Å². The molecule has 5 nitrogen and oxygen atoms in total. The second-order valence-corrected chi connectivity index (χ2v) is 3.19. The van der Waals surface area contributed by atoms with Gasteiger partial charge in [-0.15, -0.1) is 0 Å². The van der Waals surface area contributed by atoms with Crippen LogP contribution in [0.4, 0.5) is 14.5 Å². The second kappa shape index (κ2) is 4.47. The monoisotopic (exact) mass is 282 g/mol. The standard InChI is InChI=1S/C7H5BrF2N2O3/c1-15-5-4(7(9)10)3(12(13)14)2-11-6(5)8/h2,7H,1H3. The number of hydrogen-bond donors (Lipinski definition) is 0. The van der Waals surface area contributed by atoms with Crippen molar-refractivity contribution < 1.29 is 18.4 Å². The van der Waals surface area contributed by atoms with Gasteiger partial charge in [-0.1, -0.05) is 0 Å².